The van der Waals surface area contributed by atoms with E-state index < -0.39 is 17.9 Å². The molecule has 1 saturated carbocycles. The minimum absolute atomic E-state index is 0.0420. The molecule has 0 aliphatic heterocycles. The molecule has 1 atom stereocenters. The number of nitrogen functional groups attached to an aromatic ring is 1. The van der Waals surface area contributed by atoms with E-state index in [2.05, 4.69) is 28.5 Å². The minimum atomic E-state index is -1.02. The van der Waals surface area contributed by atoms with Crippen LogP contribution in [-0.2, 0) is 4.79 Å². The molecule has 1 aliphatic rings. The van der Waals surface area contributed by atoms with Crippen LogP contribution in [0.1, 0.15) is 82.8 Å². The van der Waals surface area contributed by atoms with Crippen LogP contribution in [0, 0.1) is 0 Å². The van der Waals surface area contributed by atoms with Gasteiger partial charge in [-0.15, -0.1) is 0 Å². The fraction of sp³-hybridized carbons (Fsp3) is 0.310. The number of aromatic amines is 1. The average Bonchev–Trinajstić information content (AvgIpc) is 3.67. The van der Waals surface area contributed by atoms with Gasteiger partial charge in [0.05, 0.1) is 5.69 Å². The van der Waals surface area contributed by atoms with E-state index in [1.807, 2.05) is 48.5 Å². The number of anilines is 2. The lowest BCUT2D eigenvalue weighted by atomic mass is 9.99. The van der Waals surface area contributed by atoms with Crippen molar-refractivity contribution in [3.05, 3.63) is 76.4 Å². The second-order valence-electron chi connectivity index (χ2n) is 10.2. The molecular weight excluding hydrogens is 512 g/mol. The fourth-order valence-corrected chi connectivity index (χ4v) is 5.95. The van der Waals surface area contributed by atoms with E-state index in [0.29, 0.717) is 11.3 Å². The molecule has 2 heterocycles. The molecule has 0 spiro atoms. The van der Waals surface area contributed by atoms with Crippen LogP contribution in [0.3, 0.4) is 0 Å². The van der Waals surface area contributed by atoms with Gasteiger partial charge in [0, 0.05) is 34.4 Å². The Morgan fingerprint density at radius 3 is 2.41 bits per heavy atom. The van der Waals surface area contributed by atoms with Crippen molar-refractivity contribution in [2.45, 2.75) is 57.5 Å². The highest BCUT2D eigenvalue weighted by Gasteiger charge is 2.38. The Morgan fingerprint density at radius 2 is 1.77 bits per heavy atom. The number of para-hydroxylation sites is 1. The van der Waals surface area contributed by atoms with Crippen LogP contribution in [0.2, 0.25) is 0 Å². The van der Waals surface area contributed by atoms with Crippen molar-refractivity contribution >= 4 is 51.5 Å². The number of benzene rings is 2. The van der Waals surface area contributed by atoms with Crippen LogP contribution < -0.4 is 21.7 Å². The molecule has 202 valence electrons. The van der Waals surface area contributed by atoms with Gasteiger partial charge in [-0.2, -0.15) is 4.37 Å². The number of H-pyrrole nitrogens is 1. The number of hydrogen-bond donors (Lipinski definition) is 4. The van der Waals surface area contributed by atoms with Crippen molar-refractivity contribution in [2.75, 3.05) is 10.6 Å². The van der Waals surface area contributed by atoms with E-state index in [9.17, 15) is 14.4 Å². The highest BCUT2D eigenvalue weighted by Crippen LogP contribution is 2.36. The molecule has 6 N–H and O–H groups in total. The summed E-state index contributed by atoms with van der Waals surface area (Å²) in [6, 6.07) is 14.3. The molecule has 9 nitrogen and oxygen atoms in total. The summed E-state index contributed by atoms with van der Waals surface area (Å²) >= 11 is 0.800. The van der Waals surface area contributed by atoms with E-state index in [1.54, 1.807) is 6.20 Å². The maximum absolute atomic E-state index is 14.3. The lowest BCUT2D eigenvalue weighted by Gasteiger charge is -2.32. The second-order valence-corrected chi connectivity index (χ2v) is 11.0. The van der Waals surface area contributed by atoms with Crippen molar-refractivity contribution < 1.29 is 14.4 Å². The summed E-state index contributed by atoms with van der Waals surface area (Å²) in [6.07, 6.45) is 5.67. The first-order valence-corrected chi connectivity index (χ1v) is 13.9. The summed E-state index contributed by atoms with van der Waals surface area (Å²) in [6.45, 7) is 4.18. The van der Waals surface area contributed by atoms with Gasteiger partial charge < -0.3 is 21.8 Å². The molecule has 3 amide bonds. The quantitative estimate of drug-likeness (QED) is 0.250. The Morgan fingerprint density at radius 1 is 1.08 bits per heavy atom. The van der Waals surface area contributed by atoms with Gasteiger partial charge in [0.2, 0.25) is 5.91 Å². The van der Waals surface area contributed by atoms with Crippen molar-refractivity contribution in [3.8, 4) is 0 Å². The Balaban J connectivity index is 1.68. The molecule has 5 rings (SSSR count). The van der Waals surface area contributed by atoms with Crippen LogP contribution in [0.4, 0.5) is 11.4 Å². The van der Waals surface area contributed by atoms with Crippen LogP contribution >= 0.6 is 11.5 Å². The van der Waals surface area contributed by atoms with E-state index in [4.69, 9.17) is 11.5 Å². The Kier molecular flexibility index (Phi) is 7.38. The number of nitrogens with one attached hydrogen (secondary N) is 2. The van der Waals surface area contributed by atoms with Crippen LogP contribution in [-0.4, -0.2) is 33.1 Å². The summed E-state index contributed by atoms with van der Waals surface area (Å²) < 4.78 is 4.04. The third-order valence-electron chi connectivity index (χ3n) is 7.34. The summed E-state index contributed by atoms with van der Waals surface area (Å²) in [7, 11) is 0. The van der Waals surface area contributed by atoms with Gasteiger partial charge in [0.1, 0.15) is 10.9 Å². The molecule has 0 radical (unpaired) electrons. The number of carbonyl (C=O) groups is 3. The van der Waals surface area contributed by atoms with Gasteiger partial charge >= 0.3 is 0 Å². The van der Waals surface area contributed by atoms with Crippen LogP contribution in [0.5, 0.6) is 0 Å². The van der Waals surface area contributed by atoms with Crippen LogP contribution in [0.25, 0.3) is 10.9 Å². The highest BCUT2D eigenvalue weighted by atomic mass is 32.1. The third kappa shape index (κ3) is 5.12. The SMILES string of the molecule is CC(C)c1ccc(N(C(=O)c2snc(C(N)=O)c2N)[C@H](C(=O)NC2CCCC2)c2c[nH]c3ccccc23)cc1. The summed E-state index contributed by atoms with van der Waals surface area (Å²) in [5, 5.41) is 4.02. The van der Waals surface area contributed by atoms with Crippen LogP contribution in [0.15, 0.2) is 54.7 Å². The lowest BCUT2D eigenvalue weighted by Crippen LogP contribution is -2.46. The van der Waals surface area contributed by atoms with E-state index in [1.165, 1.54) is 4.90 Å². The highest BCUT2D eigenvalue weighted by molar-refractivity contribution is 7.09. The Bertz CT molecular complexity index is 1520. The summed E-state index contributed by atoms with van der Waals surface area (Å²) in [4.78, 5) is 45.1. The number of fused-ring (bicyclic) bond motifs is 1. The standard InChI is InChI=1S/C29H32N6O3S/c1-16(2)17-11-13-19(14-12-17)35(29(38)26-23(30)24(27(31)36)34-39-26)25(28(37)33-18-7-3-4-8-18)21-15-32-22-10-6-5-9-20(21)22/h5-6,9-16,18,25,32H,3-4,7-8,30H2,1-2H3,(H2,31,36)(H,33,37)/t25-/m0/s1. The maximum Gasteiger partial charge on any atom is 0.273 e. The van der Waals surface area contributed by atoms with Gasteiger partial charge in [-0.1, -0.05) is 57.0 Å². The zero-order valence-corrected chi connectivity index (χ0v) is 22.8. The number of carbonyl (C=O) groups excluding carboxylic acids is 3. The van der Waals surface area contributed by atoms with Crippen molar-refractivity contribution in [1.82, 2.24) is 14.7 Å². The van der Waals surface area contributed by atoms with E-state index >= 15 is 0 Å². The lowest BCUT2D eigenvalue weighted by molar-refractivity contribution is -0.123. The number of nitrogens with zero attached hydrogens (tertiary/aromatic N) is 2. The number of hydrogen-bond acceptors (Lipinski definition) is 6. The largest absolute Gasteiger partial charge is 0.395 e. The van der Waals surface area contributed by atoms with Gasteiger partial charge in [-0.3, -0.25) is 19.3 Å². The molecule has 39 heavy (non-hydrogen) atoms. The molecule has 1 fully saturated rings. The van der Waals surface area contributed by atoms with Crippen molar-refractivity contribution in [3.63, 3.8) is 0 Å². The molecule has 0 saturated heterocycles. The monoisotopic (exact) mass is 544 g/mol. The molecule has 0 bridgehead atoms. The van der Waals surface area contributed by atoms with E-state index in [0.717, 1.165) is 53.7 Å². The number of amides is 3. The molecule has 0 unspecified atom stereocenters. The fourth-order valence-electron chi connectivity index (χ4n) is 5.21. The van der Waals surface area contributed by atoms with E-state index in [-0.39, 0.29) is 34.1 Å². The number of rotatable bonds is 8. The number of aromatic nitrogens is 2. The predicted octanol–water partition coefficient (Wildman–Crippen LogP) is 4.88. The molecule has 2 aromatic carbocycles. The average molecular weight is 545 g/mol. The van der Waals surface area contributed by atoms with Crippen molar-refractivity contribution in [1.29, 1.82) is 0 Å². The van der Waals surface area contributed by atoms with Gasteiger partial charge in [0.25, 0.3) is 11.8 Å². The first-order valence-electron chi connectivity index (χ1n) is 13.1. The molecular formula is C29H32N6O3S. The third-order valence-corrected chi connectivity index (χ3v) is 8.19. The Hall–Kier alpha value is -4.18. The van der Waals surface area contributed by atoms with Gasteiger partial charge in [-0.25, -0.2) is 0 Å². The Labute approximate surface area is 230 Å². The normalized spacial score (nSPS) is 14.5. The minimum Gasteiger partial charge on any atom is -0.395 e. The van der Waals surface area contributed by atoms with Gasteiger partial charge in [-0.05, 0) is 54.1 Å². The summed E-state index contributed by atoms with van der Waals surface area (Å²) in [5.74, 6) is -1.35. The second kappa shape index (κ2) is 10.9. The number of nitrogens with two attached hydrogens (primary N) is 2. The molecule has 10 heteroatoms. The first kappa shape index (κ1) is 26.4. The predicted molar refractivity (Wildman–Crippen MR) is 154 cm³/mol. The smallest absolute Gasteiger partial charge is 0.273 e. The van der Waals surface area contributed by atoms with Crippen molar-refractivity contribution in [2.24, 2.45) is 5.73 Å². The zero-order chi connectivity index (χ0) is 27.7. The summed E-state index contributed by atoms with van der Waals surface area (Å²) in [5.41, 5.74) is 14.5. The molecule has 1 aliphatic carbocycles. The zero-order valence-electron chi connectivity index (χ0n) is 21.9. The topological polar surface area (TPSA) is 147 Å². The molecule has 2 aromatic heterocycles. The maximum atomic E-state index is 14.3. The number of primary amides is 1. The molecule has 4 aromatic rings. The van der Waals surface area contributed by atoms with Gasteiger partial charge in [0.15, 0.2) is 5.69 Å². The first-order chi connectivity index (χ1) is 18.8.